The number of hydrogen-bond donors (Lipinski definition) is 2. The molecule has 0 spiro atoms. The molecule has 0 saturated heterocycles. The first-order valence-corrected chi connectivity index (χ1v) is 8.09. The van der Waals surface area contributed by atoms with Gasteiger partial charge in [-0.25, -0.2) is 4.68 Å². The van der Waals surface area contributed by atoms with Crippen molar-refractivity contribution in [1.82, 2.24) is 15.1 Å². The van der Waals surface area contributed by atoms with Crippen LogP contribution in [0.2, 0.25) is 0 Å². The molecular weight excluding hydrogens is 290 g/mol. The van der Waals surface area contributed by atoms with Crippen molar-refractivity contribution in [2.45, 2.75) is 39.2 Å². The van der Waals surface area contributed by atoms with E-state index in [-0.39, 0.29) is 18.6 Å². The Kier molecular flexibility index (Phi) is 6.35. The van der Waals surface area contributed by atoms with Crippen molar-refractivity contribution in [2.24, 2.45) is 5.92 Å². The van der Waals surface area contributed by atoms with Crippen LogP contribution >= 0.6 is 0 Å². The molecular formula is C18H25N3O2. The highest BCUT2D eigenvalue weighted by Gasteiger charge is 2.15. The number of aliphatic hydroxyl groups is 1. The number of carbonyl (C=O) groups is 1. The average Bonchev–Trinajstić information content (AvgIpc) is 3.02. The summed E-state index contributed by atoms with van der Waals surface area (Å²) in [5, 5.41) is 16.4. The fourth-order valence-corrected chi connectivity index (χ4v) is 2.46. The summed E-state index contributed by atoms with van der Waals surface area (Å²) in [6.07, 6.45) is 5.43. The van der Waals surface area contributed by atoms with Gasteiger partial charge in [0.05, 0.1) is 11.9 Å². The van der Waals surface area contributed by atoms with Crippen LogP contribution in [0.3, 0.4) is 0 Å². The van der Waals surface area contributed by atoms with Crippen molar-refractivity contribution in [3.8, 4) is 5.69 Å². The Morgan fingerprint density at radius 1 is 1.30 bits per heavy atom. The summed E-state index contributed by atoms with van der Waals surface area (Å²) in [6, 6.07) is 9.92. The van der Waals surface area contributed by atoms with Gasteiger partial charge in [-0.3, -0.25) is 4.79 Å². The molecule has 5 heteroatoms. The van der Waals surface area contributed by atoms with Crippen LogP contribution < -0.4 is 5.32 Å². The maximum absolute atomic E-state index is 12.1. The number of nitrogens with zero attached hydrogens (tertiary/aromatic N) is 2. The molecule has 0 saturated carbocycles. The van der Waals surface area contributed by atoms with E-state index in [0.29, 0.717) is 25.2 Å². The second kappa shape index (κ2) is 8.48. The molecule has 0 aliphatic carbocycles. The summed E-state index contributed by atoms with van der Waals surface area (Å²) >= 11 is 0. The van der Waals surface area contributed by atoms with Crippen LogP contribution in [0.25, 0.3) is 5.69 Å². The summed E-state index contributed by atoms with van der Waals surface area (Å²) in [4.78, 5) is 12.1. The molecule has 124 valence electrons. The molecule has 0 aliphatic heterocycles. The van der Waals surface area contributed by atoms with Gasteiger partial charge in [-0.1, -0.05) is 32.0 Å². The lowest BCUT2D eigenvalue weighted by molar-refractivity contribution is -0.122. The summed E-state index contributed by atoms with van der Waals surface area (Å²) < 4.78 is 1.82. The molecule has 0 radical (unpaired) electrons. The molecule has 1 aromatic carbocycles. The average molecular weight is 315 g/mol. The number of hydrogen-bond acceptors (Lipinski definition) is 3. The fraction of sp³-hybridized carbons (Fsp3) is 0.444. The Bertz CT molecular complexity index is 608. The molecule has 2 rings (SSSR count). The summed E-state index contributed by atoms with van der Waals surface area (Å²) in [7, 11) is 0. The minimum absolute atomic E-state index is 0.0182. The third-order valence-corrected chi connectivity index (χ3v) is 3.89. The van der Waals surface area contributed by atoms with Gasteiger partial charge in [0.1, 0.15) is 0 Å². The normalized spacial score (nSPS) is 12.3. The van der Waals surface area contributed by atoms with Crippen LogP contribution in [0, 0.1) is 5.92 Å². The van der Waals surface area contributed by atoms with Gasteiger partial charge in [0.15, 0.2) is 0 Å². The third-order valence-electron chi connectivity index (χ3n) is 3.89. The van der Waals surface area contributed by atoms with E-state index in [1.165, 1.54) is 0 Å². The SMILES string of the molecule is CC(C)C(CCO)NC(=O)CCc1cnn(-c2ccccc2)c1. The van der Waals surface area contributed by atoms with E-state index in [9.17, 15) is 4.79 Å². The first-order chi connectivity index (χ1) is 11.1. The second-order valence-electron chi connectivity index (χ2n) is 6.06. The molecule has 0 aliphatic rings. The molecule has 23 heavy (non-hydrogen) atoms. The van der Waals surface area contributed by atoms with Crippen LogP contribution in [0.1, 0.15) is 32.3 Å². The van der Waals surface area contributed by atoms with Gasteiger partial charge in [0, 0.05) is 25.3 Å². The van der Waals surface area contributed by atoms with Gasteiger partial charge in [0.2, 0.25) is 5.91 Å². The topological polar surface area (TPSA) is 67.2 Å². The summed E-state index contributed by atoms with van der Waals surface area (Å²) in [6.45, 7) is 4.18. The Labute approximate surface area is 137 Å². The van der Waals surface area contributed by atoms with Crippen LogP contribution in [-0.2, 0) is 11.2 Å². The van der Waals surface area contributed by atoms with Crippen molar-refractivity contribution in [3.05, 3.63) is 48.3 Å². The van der Waals surface area contributed by atoms with Gasteiger partial charge in [0.25, 0.3) is 0 Å². The zero-order chi connectivity index (χ0) is 16.7. The predicted molar refractivity (Wildman–Crippen MR) is 90.4 cm³/mol. The van der Waals surface area contributed by atoms with Crippen molar-refractivity contribution in [2.75, 3.05) is 6.61 Å². The zero-order valence-corrected chi connectivity index (χ0v) is 13.8. The van der Waals surface area contributed by atoms with Crippen molar-refractivity contribution >= 4 is 5.91 Å². The number of para-hydroxylation sites is 1. The molecule has 0 bridgehead atoms. The van der Waals surface area contributed by atoms with Crippen molar-refractivity contribution in [1.29, 1.82) is 0 Å². The number of rotatable bonds is 8. The molecule has 2 N–H and O–H groups in total. The number of aliphatic hydroxyl groups excluding tert-OH is 1. The lowest BCUT2D eigenvalue weighted by atomic mass is 10.0. The van der Waals surface area contributed by atoms with Gasteiger partial charge >= 0.3 is 0 Å². The maximum Gasteiger partial charge on any atom is 0.220 e. The highest BCUT2D eigenvalue weighted by molar-refractivity contribution is 5.76. The molecule has 1 heterocycles. The van der Waals surface area contributed by atoms with E-state index < -0.39 is 0 Å². The Morgan fingerprint density at radius 2 is 2.04 bits per heavy atom. The number of aromatic nitrogens is 2. The lowest BCUT2D eigenvalue weighted by Gasteiger charge is -2.21. The first-order valence-electron chi connectivity index (χ1n) is 8.09. The largest absolute Gasteiger partial charge is 0.396 e. The second-order valence-corrected chi connectivity index (χ2v) is 6.06. The van der Waals surface area contributed by atoms with Crippen molar-refractivity contribution in [3.63, 3.8) is 0 Å². The van der Waals surface area contributed by atoms with Crippen LogP contribution in [0.5, 0.6) is 0 Å². The summed E-state index contributed by atoms with van der Waals surface area (Å²) in [5.74, 6) is 0.330. The highest BCUT2D eigenvalue weighted by Crippen LogP contribution is 2.10. The van der Waals surface area contributed by atoms with E-state index in [4.69, 9.17) is 5.11 Å². The lowest BCUT2D eigenvalue weighted by Crippen LogP contribution is -2.39. The van der Waals surface area contributed by atoms with E-state index in [1.54, 1.807) is 6.20 Å². The Morgan fingerprint density at radius 3 is 2.70 bits per heavy atom. The van der Waals surface area contributed by atoms with Gasteiger partial charge in [-0.15, -0.1) is 0 Å². The van der Waals surface area contributed by atoms with Crippen LogP contribution in [0.4, 0.5) is 0 Å². The predicted octanol–water partition coefficient (Wildman–Crippen LogP) is 2.33. The monoisotopic (exact) mass is 315 g/mol. The van der Waals surface area contributed by atoms with Crippen LogP contribution in [-0.4, -0.2) is 33.4 Å². The quantitative estimate of drug-likeness (QED) is 0.785. The standard InChI is InChI=1S/C18H25N3O2/c1-14(2)17(10-11-22)20-18(23)9-8-15-12-19-21(13-15)16-6-4-3-5-7-16/h3-7,12-14,17,22H,8-11H2,1-2H3,(H,20,23). The molecule has 0 fully saturated rings. The minimum Gasteiger partial charge on any atom is -0.396 e. The first kappa shape index (κ1) is 17.2. The van der Waals surface area contributed by atoms with Crippen LogP contribution in [0.15, 0.2) is 42.7 Å². The molecule has 1 atom stereocenters. The number of benzene rings is 1. The maximum atomic E-state index is 12.1. The fourth-order valence-electron chi connectivity index (χ4n) is 2.46. The minimum atomic E-state index is 0.0182. The molecule has 5 nitrogen and oxygen atoms in total. The van der Waals surface area contributed by atoms with E-state index in [1.807, 2.05) is 55.1 Å². The van der Waals surface area contributed by atoms with E-state index in [2.05, 4.69) is 10.4 Å². The zero-order valence-electron chi connectivity index (χ0n) is 13.8. The highest BCUT2D eigenvalue weighted by atomic mass is 16.3. The number of nitrogens with one attached hydrogen (secondary N) is 1. The molecule has 2 aromatic rings. The van der Waals surface area contributed by atoms with E-state index in [0.717, 1.165) is 11.3 Å². The summed E-state index contributed by atoms with van der Waals surface area (Å²) in [5.41, 5.74) is 2.04. The van der Waals surface area contributed by atoms with E-state index >= 15 is 0 Å². The smallest absolute Gasteiger partial charge is 0.220 e. The third kappa shape index (κ3) is 5.21. The number of aryl methyl sites for hydroxylation is 1. The molecule has 1 aromatic heterocycles. The van der Waals surface area contributed by atoms with Crippen molar-refractivity contribution < 1.29 is 9.90 Å². The number of carbonyl (C=O) groups excluding carboxylic acids is 1. The Hall–Kier alpha value is -2.14. The molecule has 1 unspecified atom stereocenters. The van der Waals surface area contributed by atoms with Gasteiger partial charge in [-0.05, 0) is 36.5 Å². The van der Waals surface area contributed by atoms with Gasteiger partial charge in [-0.2, -0.15) is 5.10 Å². The number of amides is 1. The molecule has 1 amide bonds. The van der Waals surface area contributed by atoms with Gasteiger partial charge < -0.3 is 10.4 Å². The Balaban J connectivity index is 1.86.